The highest BCUT2D eigenvalue weighted by atomic mass is 19.4. The molecule has 0 aliphatic carbocycles. The second kappa shape index (κ2) is 6.36. The van der Waals surface area contributed by atoms with E-state index in [0.29, 0.717) is 0 Å². The number of halogens is 3. The fourth-order valence-electron chi connectivity index (χ4n) is 2.29. The second-order valence-electron chi connectivity index (χ2n) is 5.76. The average molecular weight is 342 g/mol. The predicted molar refractivity (Wildman–Crippen MR) is 81.8 cm³/mol. The summed E-state index contributed by atoms with van der Waals surface area (Å²) in [6.07, 6.45) is -2.75. The maximum atomic E-state index is 13.1. The van der Waals surface area contributed by atoms with Gasteiger partial charge in [0.25, 0.3) is 0 Å². The minimum Gasteiger partial charge on any atom is -0.389 e. The lowest BCUT2D eigenvalue weighted by Crippen LogP contribution is -2.53. The van der Waals surface area contributed by atoms with Crippen LogP contribution in [0.2, 0.25) is 0 Å². The Hall–Kier alpha value is -2.20. The van der Waals surface area contributed by atoms with Crippen molar-refractivity contribution in [2.24, 2.45) is 0 Å². The zero-order chi connectivity index (χ0) is 17.3. The molecule has 3 heterocycles. The van der Waals surface area contributed by atoms with Gasteiger partial charge in [0.05, 0.1) is 17.8 Å². The Morgan fingerprint density at radius 1 is 1.38 bits per heavy atom. The van der Waals surface area contributed by atoms with Crippen LogP contribution in [0.4, 0.5) is 19.1 Å². The minimum atomic E-state index is -4.62. The van der Waals surface area contributed by atoms with Crippen molar-refractivity contribution in [3.63, 3.8) is 0 Å². The Bertz CT molecular complexity index is 652. The first-order valence-electron chi connectivity index (χ1n) is 7.44. The van der Waals surface area contributed by atoms with E-state index < -0.39 is 18.0 Å². The average Bonchev–Trinajstić information content (AvgIpc) is 2.45. The Kier molecular flexibility index (Phi) is 4.41. The molecule has 2 fully saturated rings. The molecule has 7 nitrogen and oxygen atoms in total. The summed E-state index contributed by atoms with van der Waals surface area (Å²) in [5, 5.41) is 22.9. The Balaban J connectivity index is 1.92. The third-order valence-electron chi connectivity index (χ3n) is 3.86. The molecule has 1 aromatic heterocycles. The molecule has 0 bridgehead atoms. The summed E-state index contributed by atoms with van der Waals surface area (Å²) in [4.78, 5) is 9.14. The third kappa shape index (κ3) is 3.49. The molecule has 0 aromatic carbocycles. The largest absolute Gasteiger partial charge is 0.433 e. The molecule has 0 amide bonds. The van der Waals surface area contributed by atoms with E-state index in [-0.39, 0.29) is 36.3 Å². The van der Waals surface area contributed by atoms with Crippen molar-refractivity contribution in [2.75, 3.05) is 31.1 Å². The number of alkyl halides is 3. The molecular weight excluding hydrogens is 325 g/mol. The number of allylic oxidation sites excluding steroid dienone is 1. The summed E-state index contributed by atoms with van der Waals surface area (Å²) < 4.78 is 39.3. The molecule has 2 aliphatic heterocycles. The highest BCUT2D eigenvalue weighted by Gasteiger charge is 2.36. The number of nitrogens with zero attached hydrogens (tertiary/aromatic N) is 3. The molecule has 0 saturated carbocycles. The number of aliphatic hydroxyl groups excluding tert-OH is 1. The first-order chi connectivity index (χ1) is 11.4. The normalized spacial score (nSPS) is 19.7. The van der Waals surface area contributed by atoms with Crippen molar-refractivity contribution < 1.29 is 18.3 Å². The molecule has 0 atom stereocenters. The molecule has 0 radical (unpaired) electrons. The first kappa shape index (κ1) is 16.7. The second-order valence-corrected chi connectivity index (χ2v) is 5.76. The molecule has 24 heavy (non-hydrogen) atoms. The van der Waals surface area contributed by atoms with Crippen molar-refractivity contribution in [3.05, 3.63) is 23.7 Å². The fraction of sp³-hybridized carbons (Fsp3) is 0.500. The number of anilines is 1. The Morgan fingerprint density at radius 3 is 2.58 bits per heavy atom. The number of hydrogen-bond donors (Lipinski definition) is 4. The van der Waals surface area contributed by atoms with Crippen molar-refractivity contribution in [2.45, 2.75) is 18.3 Å². The smallest absolute Gasteiger partial charge is 0.389 e. The van der Waals surface area contributed by atoms with Gasteiger partial charge in [0.1, 0.15) is 0 Å². The minimum absolute atomic E-state index is 0.0171. The molecule has 130 valence electrons. The van der Waals surface area contributed by atoms with E-state index in [2.05, 4.69) is 20.6 Å². The molecule has 2 saturated heterocycles. The fourth-order valence-corrected chi connectivity index (χ4v) is 2.29. The van der Waals surface area contributed by atoms with E-state index >= 15 is 0 Å². The summed E-state index contributed by atoms with van der Waals surface area (Å²) in [6, 6.07) is 1.02. The van der Waals surface area contributed by atoms with Crippen molar-refractivity contribution in [1.29, 1.82) is 5.41 Å². The standard InChI is InChI=1S/C14H17F3N6O/c15-14(16,17)12-1-11(8(2-18)3-20-9-4-19-5-9)21-13(22-12)23-6-10(24)7-23/h1-3,9-10,18-20,24H,4-7H2/b8-3+,18-2?. The van der Waals surface area contributed by atoms with Crippen LogP contribution in [0.5, 0.6) is 0 Å². The number of hydrogen-bond acceptors (Lipinski definition) is 7. The van der Waals surface area contributed by atoms with Crippen LogP contribution in [0.25, 0.3) is 5.57 Å². The molecule has 2 aliphatic rings. The van der Waals surface area contributed by atoms with Gasteiger partial charge in [-0.15, -0.1) is 0 Å². The molecule has 1 aromatic rings. The number of rotatable bonds is 5. The topological polar surface area (TPSA) is 97.2 Å². The van der Waals surface area contributed by atoms with Crippen LogP contribution in [0.15, 0.2) is 12.3 Å². The number of nitrogens with one attached hydrogen (secondary N) is 3. The zero-order valence-electron chi connectivity index (χ0n) is 12.6. The quantitative estimate of drug-likeness (QED) is 0.572. The van der Waals surface area contributed by atoms with E-state index in [9.17, 15) is 18.3 Å². The predicted octanol–water partition coefficient (Wildman–Crippen LogP) is 0.228. The SMILES string of the molecule is N=C/C(=C\NC1CNC1)c1cc(C(F)(F)F)nc(N2CC(O)C2)n1. The van der Waals surface area contributed by atoms with Crippen LogP contribution in [-0.2, 0) is 6.18 Å². The molecule has 3 rings (SSSR count). The third-order valence-corrected chi connectivity index (χ3v) is 3.86. The molecule has 0 unspecified atom stereocenters. The summed E-state index contributed by atoms with van der Waals surface area (Å²) in [5.41, 5.74) is -0.817. The van der Waals surface area contributed by atoms with Gasteiger partial charge in [-0.2, -0.15) is 13.2 Å². The number of β-amino-alcohol motifs (C(OH)–C–C–N with tert-alkyl or cyclic N) is 1. The van der Waals surface area contributed by atoms with Crippen LogP contribution in [0.1, 0.15) is 11.4 Å². The highest BCUT2D eigenvalue weighted by Crippen LogP contribution is 2.31. The van der Waals surface area contributed by atoms with Gasteiger partial charge < -0.3 is 26.0 Å². The van der Waals surface area contributed by atoms with Gasteiger partial charge in [-0.05, 0) is 6.07 Å². The Labute approximate surface area is 136 Å². The van der Waals surface area contributed by atoms with E-state index in [1.54, 1.807) is 0 Å². The Morgan fingerprint density at radius 2 is 2.08 bits per heavy atom. The van der Waals surface area contributed by atoms with Crippen LogP contribution in [0, 0.1) is 5.41 Å². The van der Waals surface area contributed by atoms with Crippen LogP contribution in [-0.4, -0.2) is 59.6 Å². The van der Waals surface area contributed by atoms with Crippen molar-refractivity contribution in [1.82, 2.24) is 20.6 Å². The lowest BCUT2D eigenvalue weighted by atomic mass is 10.1. The lowest BCUT2D eigenvalue weighted by Gasteiger charge is -2.36. The van der Waals surface area contributed by atoms with E-state index in [0.717, 1.165) is 25.4 Å². The first-order valence-corrected chi connectivity index (χ1v) is 7.44. The van der Waals surface area contributed by atoms with E-state index in [4.69, 9.17) is 5.41 Å². The lowest BCUT2D eigenvalue weighted by molar-refractivity contribution is -0.141. The van der Waals surface area contributed by atoms with Gasteiger partial charge >= 0.3 is 6.18 Å². The van der Waals surface area contributed by atoms with Crippen molar-refractivity contribution in [3.8, 4) is 0 Å². The van der Waals surface area contributed by atoms with Gasteiger partial charge in [0, 0.05) is 44.2 Å². The maximum absolute atomic E-state index is 13.1. The zero-order valence-corrected chi connectivity index (χ0v) is 12.6. The highest BCUT2D eigenvalue weighted by molar-refractivity contribution is 6.07. The molecule has 4 N–H and O–H groups in total. The monoisotopic (exact) mass is 342 g/mol. The van der Waals surface area contributed by atoms with Gasteiger partial charge in [-0.3, -0.25) is 0 Å². The van der Waals surface area contributed by atoms with Gasteiger partial charge in [0.15, 0.2) is 5.69 Å². The summed E-state index contributed by atoms with van der Waals surface area (Å²) in [7, 11) is 0. The summed E-state index contributed by atoms with van der Waals surface area (Å²) in [5.74, 6) is -0.0943. The molecule has 0 spiro atoms. The van der Waals surface area contributed by atoms with Gasteiger partial charge in [-0.25, -0.2) is 9.97 Å². The van der Waals surface area contributed by atoms with Gasteiger partial charge in [-0.1, -0.05) is 0 Å². The summed E-state index contributed by atoms with van der Waals surface area (Å²) >= 11 is 0. The molecule has 10 heteroatoms. The van der Waals surface area contributed by atoms with Gasteiger partial charge in [0.2, 0.25) is 5.95 Å². The molecular formula is C14H17F3N6O. The van der Waals surface area contributed by atoms with E-state index in [1.807, 2.05) is 0 Å². The van der Waals surface area contributed by atoms with Crippen LogP contribution < -0.4 is 15.5 Å². The van der Waals surface area contributed by atoms with E-state index in [1.165, 1.54) is 11.1 Å². The number of aromatic nitrogens is 2. The summed E-state index contributed by atoms with van der Waals surface area (Å²) in [6.45, 7) is 1.90. The number of aliphatic hydroxyl groups is 1. The van der Waals surface area contributed by atoms with Crippen LogP contribution >= 0.6 is 0 Å². The maximum Gasteiger partial charge on any atom is 0.433 e. The van der Waals surface area contributed by atoms with Crippen molar-refractivity contribution >= 4 is 17.7 Å². The van der Waals surface area contributed by atoms with Crippen LogP contribution in [0.3, 0.4) is 0 Å².